The first kappa shape index (κ1) is 32.1. The molecule has 42 heavy (non-hydrogen) atoms. The fourth-order valence-corrected chi connectivity index (χ4v) is 6.48. The Hall–Kier alpha value is -2.85. The number of H-pyrrole nitrogens is 1. The normalized spacial score (nSPS) is 12.1. The Kier molecular flexibility index (Phi) is 11.9. The molecule has 4 aromatic rings. The molecule has 0 bridgehead atoms. The van der Waals surface area contributed by atoms with Crippen LogP contribution in [0.3, 0.4) is 0 Å². The van der Waals surface area contributed by atoms with Crippen LogP contribution in [0.1, 0.15) is 93.5 Å². The zero-order chi connectivity index (χ0) is 30.1. The summed E-state index contributed by atoms with van der Waals surface area (Å²) in [5.74, 6) is 1.98. The van der Waals surface area contributed by atoms with Gasteiger partial charge in [0.2, 0.25) is 0 Å². The minimum absolute atomic E-state index is 0.501. The van der Waals surface area contributed by atoms with Gasteiger partial charge < -0.3 is 8.92 Å². The van der Waals surface area contributed by atoms with Gasteiger partial charge >= 0.3 is 11.3 Å². The average molecular weight is 659 g/mol. The zero-order valence-electron chi connectivity index (χ0n) is 25.5. The molecule has 0 aliphatic rings. The van der Waals surface area contributed by atoms with Gasteiger partial charge in [-0.05, 0) is 91.0 Å². The molecular formula is C32H44BrN5O3S. The molecule has 0 radical (unpaired) electrons. The van der Waals surface area contributed by atoms with Gasteiger partial charge in [0.05, 0.1) is 16.8 Å². The Labute approximate surface area is 260 Å². The van der Waals surface area contributed by atoms with Crippen molar-refractivity contribution >= 4 is 38.5 Å². The van der Waals surface area contributed by atoms with Crippen molar-refractivity contribution in [2.24, 2.45) is 0 Å². The highest BCUT2D eigenvalue weighted by Crippen LogP contribution is 2.35. The number of halogens is 1. The maximum atomic E-state index is 13.0. The molecule has 2 aromatic heterocycles. The topological polar surface area (TPSA) is 93.5 Å². The van der Waals surface area contributed by atoms with Crippen LogP contribution < -0.4 is 13.6 Å². The average Bonchev–Trinajstić information content (AvgIpc) is 3.49. The number of nitrogens with zero attached hydrogens (tertiary/aromatic N) is 3. The first-order chi connectivity index (χ1) is 20.3. The quantitative estimate of drug-likeness (QED) is 0.110. The van der Waals surface area contributed by atoms with E-state index in [1.807, 2.05) is 44.3 Å². The number of hydrogen-bond acceptors (Lipinski definition) is 5. The Bertz CT molecular complexity index is 1480. The van der Waals surface area contributed by atoms with Crippen LogP contribution in [0.15, 0.2) is 34.8 Å². The zero-order valence-corrected chi connectivity index (χ0v) is 27.9. The van der Waals surface area contributed by atoms with Gasteiger partial charge in [0.1, 0.15) is 11.5 Å². The first-order valence-corrected chi connectivity index (χ1v) is 17.0. The molecule has 1 unspecified atom stereocenters. The van der Waals surface area contributed by atoms with Crippen LogP contribution in [0.25, 0.3) is 17.0 Å². The molecule has 0 saturated heterocycles. The van der Waals surface area contributed by atoms with Crippen molar-refractivity contribution in [2.75, 3.05) is 11.3 Å². The minimum Gasteiger partial charge on any atom is -0.494 e. The van der Waals surface area contributed by atoms with Gasteiger partial charge in [-0.25, -0.2) is 4.52 Å². The van der Waals surface area contributed by atoms with Crippen LogP contribution >= 0.6 is 15.9 Å². The Morgan fingerprint density at radius 3 is 2.17 bits per heavy atom. The highest BCUT2D eigenvalue weighted by Gasteiger charge is 2.21. The number of nitrogens with one attached hydrogen (secondary N) is 2. The molecule has 0 aliphatic heterocycles. The van der Waals surface area contributed by atoms with Crippen molar-refractivity contribution in [3.8, 4) is 22.9 Å². The maximum Gasteiger partial charge on any atom is 0.316 e. The van der Waals surface area contributed by atoms with E-state index >= 15 is 0 Å². The van der Waals surface area contributed by atoms with Crippen molar-refractivity contribution in [1.29, 1.82) is 0 Å². The number of fused-ring (bicyclic) bond motifs is 1. The summed E-state index contributed by atoms with van der Waals surface area (Å²) < 4.78 is 30.4. The van der Waals surface area contributed by atoms with E-state index in [1.165, 1.54) is 57.8 Å². The van der Waals surface area contributed by atoms with Crippen molar-refractivity contribution in [3.05, 3.63) is 57.2 Å². The van der Waals surface area contributed by atoms with Crippen molar-refractivity contribution < 1.29 is 13.1 Å². The van der Waals surface area contributed by atoms with Gasteiger partial charge in [0.15, 0.2) is 11.5 Å². The molecule has 2 aromatic carbocycles. The van der Waals surface area contributed by atoms with Crippen LogP contribution in [0, 0.1) is 27.7 Å². The van der Waals surface area contributed by atoms with Crippen LogP contribution in [0.5, 0.6) is 11.5 Å². The van der Waals surface area contributed by atoms with Gasteiger partial charge in [-0.1, -0.05) is 70.8 Å². The molecule has 0 saturated carbocycles. The van der Waals surface area contributed by atoms with E-state index in [0.29, 0.717) is 18.2 Å². The summed E-state index contributed by atoms with van der Waals surface area (Å²) in [4.78, 5) is 0. The molecule has 0 amide bonds. The van der Waals surface area contributed by atoms with Crippen molar-refractivity contribution in [3.63, 3.8) is 0 Å². The van der Waals surface area contributed by atoms with Crippen molar-refractivity contribution in [1.82, 2.24) is 19.8 Å². The van der Waals surface area contributed by atoms with E-state index in [-0.39, 0.29) is 0 Å². The van der Waals surface area contributed by atoms with Gasteiger partial charge in [0, 0.05) is 11.3 Å². The van der Waals surface area contributed by atoms with Gasteiger partial charge in [-0.15, -0.1) is 10.2 Å². The lowest BCUT2D eigenvalue weighted by molar-refractivity contribution is 0.304. The Morgan fingerprint density at radius 1 is 0.881 bits per heavy atom. The molecule has 0 aliphatic carbocycles. The summed E-state index contributed by atoms with van der Waals surface area (Å²) in [6.07, 6.45) is 13.0. The predicted molar refractivity (Wildman–Crippen MR) is 176 cm³/mol. The fraction of sp³-hybridized carbons (Fsp3) is 0.500. The van der Waals surface area contributed by atoms with E-state index in [9.17, 15) is 4.21 Å². The summed E-state index contributed by atoms with van der Waals surface area (Å²) in [6.45, 7) is 11.0. The van der Waals surface area contributed by atoms with Crippen LogP contribution in [0.2, 0.25) is 0 Å². The van der Waals surface area contributed by atoms with E-state index in [4.69, 9.17) is 8.92 Å². The molecule has 4 rings (SSSR count). The van der Waals surface area contributed by atoms with Crippen LogP contribution in [-0.2, 0) is 11.3 Å². The van der Waals surface area contributed by atoms with Gasteiger partial charge in [-0.2, -0.15) is 4.21 Å². The molecule has 8 nitrogen and oxygen atoms in total. The molecular weight excluding hydrogens is 614 g/mol. The number of aromatic nitrogens is 4. The summed E-state index contributed by atoms with van der Waals surface area (Å²) in [7, 11) is 0. The summed E-state index contributed by atoms with van der Waals surface area (Å²) in [6, 6.07) is 9.33. The number of ether oxygens (including phenoxy) is 1. The maximum absolute atomic E-state index is 13.0. The van der Waals surface area contributed by atoms with Gasteiger partial charge in [0.25, 0.3) is 0 Å². The molecule has 228 valence electrons. The lowest BCUT2D eigenvalue weighted by Gasteiger charge is -2.17. The Morgan fingerprint density at radius 2 is 1.50 bits per heavy atom. The number of benzene rings is 2. The smallest absolute Gasteiger partial charge is 0.316 e. The van der Waals surface area contributed by atoms with E-state index < -0.39 is 11.3 Å². The van der Waals surface area contributed by atoms with Crippen molar-refractivity contribution in [2.45, 2.75) is 98.8 Å². The first-order valence-electron chi connectivity index (χ1n) is 15.1. The van der Waals surface area contributed by atoms with Crippen LogP contribution in [0.4, 0.5) is 5.69 Å². The largest absolute Gasteiger partial charge is 0.494 e. The molecule has 0 fully saturated rings. The third kappa shape index (κ3) is 8.16. The number of aryl methyl sites for hydroxylation is 3. The summed E-state index contributed by atoms with van der Waals surface area (Å²) in [5, 5.41) is 12.1. The second-order valence-electron chi connectivity index (χ2n) is 11.0. The predicted octanol–water partition coefficient (Wildman–Crippen LogP) is 9.09. The number of aromatic amines is 1. The third-order valence-electron chi connectivity index (χ3n) is 7.61. The minimum atomic E-state index is -1.80. The number of rotatable bonds is 17. The molecule has 10 heteroatoms. The van der Waals surface area contributed by atoms with Gasteiger partial charge in [-0.3, -0.25) is 9.82 Å². The van der Waals surface area contributed by atoms with E-state index in [2.05, 4.69) is 48.9 Å². The fourth-order valence-electron chi connectivity index (χ4n) is 5.33. The molecule has 2 heterocycles. The standard InChI is InChI=1S/C32H44BrN5O3S/c1-6-7-8-9-10-11-12-13-14-15-20-40-26-16-18-27(19-17-26)41-42(39)37-30-23(3)21-22(2)28(24(30)4)31-34-35-32-29(33)25(5)36-38(31)32/h16-19,21,36-37H,6-15,20H2,1-5H3. The second-order valence-corrected chi connectivity index (χ2v) is 12.7. The lowest BCUT2D eigenvalue weighted by atomic mass is 9.97. The monoisotopic (exact) mass is 657 g/mol. The van der Waals surface area contributed by atoms with Crippen LogP contribution in [-0.4, -0.2) is 30.6 Å². The number of hydrogen-bond donors (Lipinski definition) is 2. The molecule has 2 N–H and O–H groups in total. The number of unbranched alkanes of at least 4 members (excludes halogenated alkanes) is 9. The highest BCUT2D eigenvalue weighted by atomic mass is 79.9. The van der Waals surface area contributed by atoms with E-state index in [0.717, 1.165) is 55.9 Å². The lowest BCUT2D eigenvalue weighted by Crippen LogP contribution is -2.14. The summed E-state index contributed by atoms with van der Waals surface area (Å²) in [5.41, 5.74) is 6.28. The SMILES string of the molecule is CCCCCCCCCCCCOc1ccc(OS(=O)Nc2c(C)cc(C)c(-c3nnc4c(Br)c(C)[nH]n34)c2C)cc1. The Balaban J connectivity index is 1.27. The molecule has 1 atom stereocenters. The summed E-state index contributed by atoms with van der Waals surface area (Å²) >= 11 is 1.77. The third-order valence-corrected chi connectivity index (χ3v) is 9.28. The molecule has 0 spiro atoms. The highest BCUT2D eigenvalue weighted by molar-refractivity contribution is 9.10. The number of anilines is 1. The second kappa shape index (κ2) is 15.6. The van der Waals surface area contributed by atoms with E-state index in [1.54, 1.807) is 12.1 Å².